The molecule has 2 atom stereocenters. The third-order valence-electron chi connectivity index (χ3n) is 4.55. The van der Waals surface area contributed by atoms with E-state index in [0.717, 1.165) is 18.8 Å². The normalized spacial score (nSPS) is 28.2. The summed E-state index contributed by atoms with van der Waals surface area (Å²) in [6.45, 7) is 6.35. The SMILES string of the molecule is CC1CN2CCCCC2CN1Cc1ccc(C(=O)O)o1. The van der Waals surface area contributed by atoms with Crippen molar-refractivity contribution in [2.24, 2.45) is 0 Å². The van der Waals surface area contributed by atoms with Crippen LogP contribution in [0.15, 0.2) is 16.5 Å². The third kappa shape index (κ3) is 2.74. The van der Waals surface area contributed by atoms with Crippen LogP contribution in [0, 0.1) is 0 Å². The quantitative estimate of drug-likeness (QED) is 0.917. The predicted octanol–water partition coefficient (Wildman–Crippen LogP) is 2.04. The van der Waals surface area contributed by atoms with Crippen LogP contribution in [-0.4, -0.2) is 52.6 Å². The van der Waals surface area contributed by atoms with Crippen LogP contribution in [0.25, 0.3) is 0 Å². The lowest BCUT2D eigenvalue weighted by molar-refractivity contribution is 0.00780. The van der Waals surface area contributed by atoms with Gasteiger partial charge in [-0.15, -0.1) is 0 Å². The minimum atomic E-state index is -0.999. The number of rotatable bonds is 3. The van der Waals surface area contributed by atoms with E-state index in [2.05, 4.69) is 16.7 Å². The van der Waals surface area contributed by atoms with Gasteiger partial charge in [-0.2, -0.15) is 0 Å². The molecule has 0 aliphatic carbocycles. The molecule has 2 unspecified atom stereocenters. The molecule has 5 nitrogen and oxygen atoms in total. The molecule has 0 bridgehead atoms. The van der Waals surface area contributed by atoms with Gasteiger partial charge in [0.1, 0.15) is 5.76 Å². The fourth-order valence-corrected chi connectivity index (χ4v) is 3.41. The number of carboxylic acids is 1. The summed E-state index contributed by atoms with van der Waals surface area (Å²) in [5, 5.41) is 8.90. The number of fused-ring (bicyclic) bond motifs is 1. The number of furan rings is 1. The zero-order valence-corrected chi connectivity index (χ0v) is 11.9. The second kappa shape index (κ2) is 5.58. The highest BCUT2D eigenvalue weighted by molar-refractivity contribution is 5.84. The van der Waals surface area contributed by atoms with Gasteiger partial charge in [-0.05, 0) is 38.4 Å². The summed E-state index contributed by atoms with van der Waals surface area (Å²) in [4.78, 5) is 15.9. The van der Waals surface area contributed by atoms with Crippen molar-refractivity contribution in [1.29, 1.82) is 0 Å². The van der Waals surface area contributed by atoms with Crippen LogP contribution < -0.4 is 0 Å². The number of hydrogen-bond donors (Lipinski definition) is 1. The molecule has 0 amide bonds. The lowest BCUT2D eigenvalue weighted by Crippen LogP contribution is -2.58. The van der Waals surface area contributed by atoms with E-state index in [1.54, 1.807) is 12.1 Å². The van der Waals surface area contributed by atoms with Crippen molar-refractivity contribution in [3.8, 4) is 0 Å². The van der Waals surface area contributed by atoms with Crippen LogP contribution in [0.5, 0.6) is 0 Å². The van der Waals surface area contributed by atoms with Crippen LogP contribution in [0.3, 0.4) is 0 Å². The number of carbonyl (C=O) groups is 1. The molecule has 20 heavy (non-hydrogen) atoms. The van der Waals surface area contributed by atoms with Crippen molar-refractivity contribution in [3.05, 3.63) is 23.7 Å². The molecule has 3 rings (SSSR count). The van der Waals surface area contributed by atoms with Crippen LogP contribution in [-0.2, 0) is 6.54 Å². The monoisotopic (exact) mass is 278 g/mol. The Kier molecular flexibility index (Phi) is 3.81. The van der Waals surface area contributed by atoms with E-state index in [-0.39, 0.29) is 5.76 Å². The van der Waals surface area contributed by atoms with Gasteiger partial charge in [0.2, 0.25) is 5.76 Å². The molecule has 2 fully saturated rings. The summed E-state index contributed by atoms with van der Waals surface area (Å²) in [7, 11) is 0. The van der Waals surface area contributed by atoms with Crippen LogP contribution >= 0.6 is 0 Å². The maximum absolute atomic E-state index is 10.8. The van der Waals surface area contributed by atoms with Crippen molar-refractivity contribution in [1.82, 2.24) is 9.80 Å². The fourth-order valence-electron chi connectivity index (χ4n) is 3.41. The molecule has 2 aliphatic heterocycles. The number of piperidine rings is 1. The van der Waals surface area contributed by atoms with Crippen molar-refractivity contribution >= 4 is 5.97 Å². The van der Waals surface area contributed by atoms with Crippen LogP contribution in [0.4, 0.5) is 0 Å². The highest BCUT2D eigenvalue weighted by atomic mass is 16.4. The van der Waals surface area contributed by atoms with Crippen LogP contribution in [0.2, 0.25) is 0 Å². The summed E-state index contributed by atoms with van der Waals surface area (Å²) >= 11 is 0. The van der Waals surface area contributed by atoms with Gasteiger partial charge < -0.3 is 9.52 Å². The zero-order chi connectivity index (χ0) is 14.1. The van der Waals surface area contributed by atoms with E-state index in [1.165, 1.54) is 25.8 Å². The van der Waals surface area contributed by atoms with Crippen molar-refractivity contribution < 1.29 is 14.3 Å². The second-order valence-corrected chi connectivity index (χ2v) is 5.99. The summed E-state index contributed by atoms with van der Waals surface area (Å²) in [6, 6.07) is 4.47. The van der Waals surface area contributed by atoms with E-state index in [1.807, 2.05) is 0 Å². The lowest BCUT2D eigenvalue weighted by Gasteiger charge is -2.47. The average Bonchev–Trinajstić information content (AvgIpc) is 2.88. The first-order valence-corrected chi connectivity index (χ1v) is 7.43. The van der Waals surface area contributed by atoms with Crippen molar-refractivity contribution in [3.63, 3.8) is 0 Å². The molecule has 1 aromatic rings. The van der Waals surface area contributed by atoms with Gasteiger partial charge >= 0.3 is 5.97 Å². The standard InChI is InChI=1S/C15H22N2O3/c1-11-8-16-7-3-2-4-12(16)9-17(11)10-13-5-6-14(20-13)15(18)19/h5-6,11-12H,2-4,7-10H2,1H3,(H,18,19). The molecule has 1 N–H and O–H groups in total. The molecule has 0 radical (unpaired) electrons. The summed E-state index contributed by atoms with van der Waals surface area (Å²) in [5.41, 5.74) is 0. The average molecular weight is 278 g/mol. The molecule has 0 saturated carbocycles. The number of hydrogen-bond acceptors (Lipinski definition) is 4. The van der Waals surface area contributed by atoms with Crippen LogP contribution in [0.1, 0.15) is 42.5 Å². The van der Waals surface area contributed by atoms with Crippen molar-refractivity contribution in [2.75, 3.05) is 19.6 Å². The highest BCUT2D eigenvalue weighted by Gasteiger charge is 2.33. The highest BCUT2D eigenvalue weighted by Crippen LogP contribution is 2.25. The minimum Gasteiger partial charge on any atom is -0.475 e. The molecule has 3 heterocycles. The summed E-state index contributed by atoms with van der Waals surface area (Å²) < 4.78 is 5.38. The summed E-state index contributed by atoms with van der Waals surface area (Å²) in [6.07, 6.45) is 3.93. The Bertz CT molecular complexity index is 485. The van der Waals surface area contributed by atoms with E-state index < -0.39 is 5.97 Å². The molecule has 2 saturated heterocycles. The maximum Gasteiger partial charge on any atom is 0.371 e. The van der Waals surface area contributed by atoms with Gasteiger partial charge in [0, 0.05) is 25.2 Å². The summed E-state index contributed by atoms with van der Waals surface area (Å²) in [5.74, 6) is -0.219. The lowest BCUT2D eigenvalue weighted by atomic mass is 9.97. The largest absolute Gasteiger partial charge is 0.475 e. The Morgan fingerprint density at radius 1 is 1.40 bits per heavy atom. The van der Waals surface area contributed by atoms with E-state index >= 15 is 0 Å². The molecule has 0 spiro atoms. The first-order chi connectivity index (χ1) is 9.63. The van der Waals surface area contributed by atoms with Gasteiger partial charge in [0.15, 0.2) is 0 Å². The Labute approximate surface area is 119 Å². The second-order valence-electron chi connectivity index (χ2n) is 5.99. The third-order valence-corrected chi connectivity index (χ3v) is 4.55. The Hall–Kier alpha value is -1.33. The smallest absolute Gasteiger partial charge is 0.371 e. The minimum absolute atomic E-state index is 0.0314. The Morgan fingerprint density at radius 3 is 3.00 bits per heavy atom. The van der Waals surface area contributed by atoms with Gasteiger partial charge in [-0.25, -0.2) is 4.79 Å². The van der Waals surface area contributed by atoms with Gasteiger partial charge in [-0.1, -0.05) is 6.42 Å². The van der Waals surface area contributed by atoms with E-state index in [9.17, 15) is 4.79 Å². The number of carboxylic acid groups (broad SMARTS) is 1. The molecular formula is C15H22N2O3. The van der Waals surface area contributed by atoms with Gasteiger partial charge in [0.25, 0.3) is 0 Å². The topological polar surface area (TPSA) is 56.9 Å². The van der Waals surface area contributed by atoms with Gasteiger partial charge in [0.05, 0.1) is 6.54 Å². The van der Waals surface area contributed by atoms with Crippen molar-refractivity contribution in [2.45, 2.75) is 44.8 Å². The van der Waals surface area contributed by atoms with E-state index in [0.29, 0.717) is 18.6 Å². The molecule has 1 aromatic heterocycles. The molecular weight excluding hydrogens is 256 g/mol. The number of piperazine rings is 1. The first-order valence-electron chi connectivity index (χ1n) is 7.43. The molecule has 0 aromatic carbocycles. The Balaban J connectivity index is 1.65. The van der Waals surface area contributed by atoms with E-state index in [4.69, 9.17) is 9.52 Å². The first kappa shape index (κ1) is 13.6. The predicted molar refractivity (Wildman–Crippen MR) is 74.8 cm³/mol. The van der Waals surface area contributed by atoms with Gasteiger partial charge in [-0.3, -0.25) is 9.80 Å². The maximum atomic E-state index is 10.8. The number of nitrogens with zero attached hydrogens (tertiary/aromatic N) is 2. The zero-order valence-electron chi connectivity index (χ0n) is 11.9. The Morgan fingerprint density at radius 2 is 2.25 bits per heavy atom. The fraction of sp³-hybridized carbons (Fsp3) is 0.667. The number of aromatic carboxylic acids is 1. The molecule has 5 heteroatoms. The molecule has 2 aliphatic rings. The molecule has 110 valence electrons.